The van der Waals surface area contributed by atoms with E-state index in [4.69, 9.17) is 9.47 Å². The summed E-state index contributed by atoms with van der Waals surface area (Å²) in [7, 11) is 5.47. The molecule has 6 nitrogen and oxygen atoms in total. The quantitative estimate of drug-likeness (QED) is 0.667. The predicted octanol–water partition coefficient (Wildman–Crippen LogP) is 3.59. The van der Waals surface area contributed by atoms with E-state index in [2.05, 4.69) is 35.5 Å². The van der Waals surface area contributed by atoms with E-state index in [0.717, 1.165) is 56.8 Å². The van der Waals surface area contributed by atoms with Crippen molar-refractivity contribution in [1.82, 2.24) is 15.1 Å². The molecule has 0 saturated carbocycles. The number of hydrogen-bond donors (Lipinski definition) is 1. The third kappa shape index (κ3) is 6.62. The lowest BCUT2D eigenvalue weighted by atomic mass is 10.0. The molecule has 168 valence electrons. The molecule has 1 atom stereocenters. The Morgan fingerprint density at radius 2 is 1.84 bits per heavy atom. The average Bonchev–Trinajstić information content (AvgIpc) is 2.83. The van der Waals surface area contributed by atoms with Crippen molar-refractivity contribution >= 4 is 6.03 Å². The fraction of sp³-hybridized carbons (Fsp3) is 0.480. The third-order valence-electron chi connectivity index (χ3n) is 6.04. The van der Waals surface area contributed by atoms with Crippen molar-refractivity contribution in [2.24, 2.45) is 0 Å². The fourth-order valence-electron chi connectivity index (χ4n) is 4.09. The molecule has 6 heteroatoms. The van der Waals surface area contributed by atoms with E-state index in [-0.39, 0.29) is 6.03 Å². The molecule has 0 unspecified atom stereocenters. The molecule has 0 aromatic heterocycles. The van der Waals surface area contributed by atoms with E-state index in [1.807, 2.05) is 35.2 Å². The maximum atomic E-state index is 12.6. The lowest BCUT2D eigenvalue weighted by Crippen LogP contribution is -2.52. The van der Waals surface area contributed by atoms with Gasteiger partial charge in [0, 0.05) is 32.2 Å². The highest BCUT2D eigenvalue weighted by Gasteiger charge is 2.26. The highest BCUT2D eigenvalue weighted by Crippen LogP contribution is 2.28. The smallest absolute Gasteiger partial charge is 0.317 e. The summed E-state index contributed by atoms with van der Waals surface area (Å²) in [6.45, 7) is 3.21. The van der Waals surface area contributed by atoms with Crippen LogP contribution < -0.4 is 14.8 Å². The maximum absolute atomic E-state index is 12.6. The number of piperidine rings is 1. The summed E-state index contributed by atoms with van der Waals surface area (Å²) in [5.74, 6) is 1.51. The van der Waals surface area contributed by atoms with Crippen LogP contribution in [0.1, 0.15) is 24.0 Å². The summed E-state index contributed by atoms with van der Waals surface area (Å²) in [5.41, 5.74) is 2.46. The minimum Gasteiger partial charge on any atom is -0.493 e. The van der Waals surface area contributed by atoms with Gasteiger partial charge in [-0.15, -0.1) is 0 Å². The zero-order valence-electron chi connectivity index (χ0n) is 19.0. The molecule has 31 heavy (non-hydrogen) atoms. The zero-order chi connectivity index (χ0) is 22.1. The molecule has 1 aliphatic rings. The number of hydrogen-bond acceptors (Lipinski definition) is 4. The van der Waals surface area contributed by atoms with Crippen molar-refractivity contribution in [3.05, 3.63) is 59.7 Å². The van der Waals surface area contributed by atoms with Gasteiger partial charge in [0.05, 0.1) is 14.2 Å². The van der Waals surface area contributed by atoms with Gasteiger partial charge < -0.3 is 24.6 Å². The summed E-state index contributed by atoms with van der Waals surface area (Å²) < 4.78 is 10.7. The summed E-state index contributed by atoms with van der Waals surface area (Å²) in [6, 6.07) is 16.8. The van der Waals surface area contributed by atoms with Gasteiger partial charge in [-0.3, -0.25) is 0 Å². The van der Waals surface area contributed by atoms with Gasteiger partial charge in [0.25, 0.3) is 0 Å². The van der Waals surface area contributed by atoms with Crippen LogP contribution in [0, 0.1) is 0 Å². The number of carbonyl (C=O) groups excluding carboxylic acids is 1. The Balaban J connectivity index is 1.45. The molecule has 0 aliphatic carbocycles. The van der Waals surface area contributed by atoms with Crippen LogP contribution in [0.3, 0.4) is 0 Å². The van der Waals surface area contributed by atoms with Crippen LogP contribution in [0.4, 0.5) is 4.79 Å². The van der Waals surface area contributed by atoms with Gasteiger partial charge in [0.15, 0.2) is 11.5 Å². The highest BCUT2D eigenvalue weighted by atomic mass is 16.5. The second-order valence-electron chi connectivity index (χ2n) is 8.13. The van der Waals surface area contributed by atoms with Crippen LogP contribution in [0.25, 0.3) is 0 Å². The Hall–Kier alpha value is -2.73. The molecular weight excluding hydrogens is 390 g/mol. The Labute approximate surface area is 186 Å². The van der Waals surface area contributed by atoms with E-state index in [9.17, 15) is 4.79 Å². The number of urea groups is 1. The number of nitrogens with zero attached hydrogens (tertiary/aromatic N) is 2. The van der Waals surface area contributed by atoms with Gasteiger partial charge >= 0.3 is 6.03 Å². The van der Waals surface area contributed by atoms with Crippen molar-refractivity contribution in [3.8, 4) is 11.5 Å². The topological polar surface area (TPSA) is 54.0 Å². The standard InChI is InChI=1S/C25H35N3O3/c1-27(17-14-21-11-12-23(30-2)24(18-21)31-3)22-10-7-16-28(19-22)25(29)26-15-13-20-8-5-4-6-9-20/h4-6,8-9,11-12,18,22H,7,10,13-17,19H2,1-3H3,(H,26,29)/t22-/m0/s1. The number of rotatable bonds is 9. The van der Waals surface area contributed by atoms with Crippen LogP contribution >= 0.6 is 0 Å². The lowest BCUT2D eigenvalue weighted by Gasteiger charge is -2.37. The summed E-state index contributed by atoms with van der Waals surface area (Å²) in [5, 5.41) is 3.08. The molecule has 1 aliphatic heterocycles. The van der Waals surface area contributed by atoms with Crippen molar-refractivity contribution in [3.63, 3.8) is 0 Å². The van der Waals surface area contributed by atoms with Gasteiger partial charge in [-0.25, -0.2) is 4.79 Å². The fourth-order valence-corrected chi connectivity index (χ4v) is 4.09. The van der Waals surface area contributed by atoms with E-state index >= 15 is 0 Å². The monoisotopic (exact) mass is 425 g/mol. The summed E-state index contributed by atoms with van der Waals surface area (Å²) in [6.07, 6.45) is 3.94. The lowest BCUT2D eigenvalue weighted by molar-refractivity contribution is 0.127. The summed E-state index contributed by atoms with van der Waals surface area (Å²) in [4.78, 5) is 17.0. The van der Waals surface area contributed by atoms with Gasteiger partial charge in [-0.2, -0.15) is 0 Å². The number of amides is 2. The first-order valence-electron chi connectivity index (χ1n) is 11.1. The summed E-state index contributed by atoms with van der Waals surface area (Å²) >= 11 is 0. The molecule has 0 radical (unpaired) electrons. The molecule has 3 rings (SSSR count). The van der Waals surface area contributed by atoms with Crippen LogP contribution in [0.2, 0.25) is 0 Å². The molecule has 0 bridgehead atoms. The molecule has 0 spiro atoms. The second kappa shape index (κ2) is 11.6. The predicted molar refractivity (Wildman–Crippen MR) is 124 cm³/mol. The molecular formula is C25H35N3O3. The van der Waals surface area contributed by atoms with Gasteiger partial charge in [-0.1, -0.05) is 36.4 Å². The van der Waals surface area contributed by atoms with E-state index in [1.54, 1.807) is 14.2 Å². The highest BCUT2D eigenvalue weighted by molar-refractivity contribution is 5.74. The van der Waals surface area contributed by atoms with Gasteiger partial charge in [0.1, 0.15) is 0 Å². The molecule has 2 aromatic carbocycles. The normalized spacial score (nSPS) is 16.3. The number of carbonyl (C=O) groups is 1. The molecule has 1 N–H and O–H groups in total. The van der Waals surface area contributed by atoms with Crippen molar-refractivity contribution in [2.45, 2.75) is 31.7 Å². The van der Waals surface area contributed by atoms with Crippen molar-refractivity contribution in [2.75, 3.05) is 47.4 Å². The first kappa shape index (κ1) is 22.9. The number of methoxy groups -OCH3 is 2. The number of likely N-dealkylation sites (tertiary alicyclic amines) is 1. The first-order chi connectivity index (χ1) is 15.1. The Bertz CT molecular complexity index is 828. The van der Waals surface area contributed by atoms with E-state index < -0.39 is 0 Å². The molecule has 1 heterocycles. The SMILES string of the molecule is COc1ccc(CCN(C)[C@H]2CCCN(C(=O)NCCc3ccccc3)C2)cc1OC. The minimum absolute atomic E-state index is 0.0499. The maximum Gasteiger partial charge on any atom is 0.317 e. The van der Waals surface area contributed by atoms with Crippen molar-refractivity contribution < 1.29 is 14.3 Å². The molecule has 2 aromatic rings. The van der Waals surface area contributed by atoms with Crippen LogP contribution in [0.5, 0.6) is 11.5 Å². The average molecular weight is 426 g/mol. The molecule has 2 amide bonds. The Kier molecular flexibility index (Phi) is 8.59. The van der Waals surface area contributed by atoms with Crippen molar-refractivity contribution in [1.29, 1.82) is 0 Å². The van der Waals surface area contributed by atoms with E-state index in [0.29, 0.717) is 12.6 Å². The molecule has 1 saturated heterocycles. The Morgan fingerprint density at radius 1 is 1.06 bits per heavy atom. The minimum atomic E-state index is 0.0499. The van der Waals surface area contributed by atoms with Gasteiger partial charge in [-0.05, 0) is 56.0 Å². The first-order valence-corrected chi connectivity index (χ1v) is 11.1. The third-order valence-corrected chi connectivity index (χ3v) is 6.04. The number of benzene rings is 2. The zero-order valence-corrected chi connectivity index (χ0v) is 19.0. The second-order valence-corrected chi connectivity index (χ2v) is 8.13. The largest absolute Gasteiger partial charge is 0.493 e. The number of nitrogens with one attached hydrogen (secondary N) is 1. The number of ether oxygens (including phenoxy) is 2. The molecule has 1 fully saturated rings. The van der Waals surface area contributed by atoms with Crippen LogP contribution in [-0.2, 0) is 12.8 Å². The Morgan fingerprint density at radius 3 is 2.58 bits per heavy atom. The van der Waals surface area contributed by atoms with Crippen LogP contribution in [-0.4, -0.2) is 69.3 Å². The van der Waals surface area contributed by atoms with E-state index in [1.165, 1.54) is 11.1 Å². The number of likely N-dealkylation sites (N-methyl/N-ethyl adjacent to an activating group) is 1. The van der Waals surface area contributed by atoms with Gasteiger partial charge in [0.2, 0.25) is 0 Å². The van der Waals surface area contributed by atoms with Crippen LogP contribution in [0.15, 0.2) is 48.5 Å².